The molecule has 1 aliphatic carbocycles. The lowest BCUT2D eigenvalue weighted by Gasteiger charge is -2.41. The molecule has 0 unspecified atom stereocenters. The number of hydrogen-bond donors (Lipinski definition) is 1. The minimum atomic E-state index is 0.0221. The van der Waals surface area contributed by atoms with Crippen molar-refractivity contribution in [3.63, 3.8) is 0 Å². The van der Waals surface area contributed by atoms with Crippen molar-refractivity contribution in [1.82, 2.24) is 19.6 Å². The van der Waals surface area contributed by atoms with Crippen LogP contribution >= 0.6 is 11.6 Å². The molecule has 0 bridgehead atoms. The second-order valence-corrected chi connectivity index (χ2v) is 4.91. The summed E-state index contributed by atoms with van der Waals surface area (Å²) in [4.78, 5) is 8.42. The minimum absolute atomic E-state index is 0.0221. The van der Waals surface area contributed by atoms with Gasteiger partial charge in [-0.1, -0.05) is 0 Å². The van der Waals surface area contributed by atoms with Crippen molar-refractivity contribution >= 4 is 23.2 Å². The van der Waals surface area contributed by atoms with E-state index < -0.39 is 0 Å². The molecule has 1 N–H and O–H groups in total. The van der Waals surface area contributed by atoms with Crippen LogP contribution in [0.3, 0.4) is 0 Å². The molecular formula is C11H14ClN5. The highest BCUT2D eigenvalue weighted by Crippen LogP contribution is 2.36. The quantitative estimate of drug-likeness (QED) is 0.848. The number of anilines is 1. The molecule has 0 saturated heterocycles. The molecule has 0 atom stereocenters. The van der Waals surface area contributed by atoms with E-state index in [1.807, 2.05) is 13.0 Å². The Morgan fingerprint density at radius 2 is 2.35 bits per heavy atom. The van der Waals surface area contributed by atoms with E-state index in [1.54, 1.807) is 4.52 Å². The average molecular weight is 252 g/mol. The maximum Gasteiger partial charge on any atom is 0.254 e. The number of aromatic nitrogens is 4. The summed E-state index contributed by atoms with van der Waals surface area (Å²) < 4.78 is 1.72. The third-order valence-corrected chi connectivity index (χ3v) is 3.85. The van der Waals surface area contributed by atoms with Crippen molar-refractivity contribution in [2.45, 2.75) is 31.7 Å². The predicted octanol–water partition coefficient (Wildman–Crippen LogP) is 2.01. The predicted molar refractivity (Wildman–Crippen MR) is 66.4 cm³/mol. The van der Waals surface area contributed by atoms with Crippen molar-refractivity contribution in [2.24, 2.45) is 0 Å². The van der Waals surface area contributed by atoms with Gasteiger partial charge in [-0.3, -0.25) is 0 Å². The number of fused-ring (bicyclic) bond motifs is 1. The van der Waals surface area contributed by atoms with Gasteiger partial charge in [0.05, 0.1) is 5.54 Å². The summed E-state index contributed by atoms with van der Waals surface area (Å²) in [5.41, 5.74) is 0.950. The normalized spacial score (nSPS) is 18.0. The molecule has 2 aromatic rings. The zero-order valence-electron chi connectivity index (χ0n) is 9.65. The first-order chi connectivity index (χ1) is 8.22. The van der Waals surface area contributed by atoms with Gasteiger partial charge in [-0.15, -0.1) is 11.6 Å². The number of hydrogen-bond acceptors (Lipinski definition) is 4. The minimum Gasteiger partial charge on any atom is -0.363 e. The lowest BCUT2D eigenvalue weighted by atomic mass is 9.78. The smallest absolute Gasteiger partial charge is 0.254 e. The molecule has 3 rings (SSSR count). The molecule has 0 amide bonds. The van der Waals surface area contributed by atoms with Gasteiger partial charge >= 0.3 is 0 Å². The van der Waals surface area contributed by atoms with Gasteiger partial charge in [-0.2, -0.15) is 14.6 Å². The fourth-order valence-corrected chi connectivity index (χ4v) is 2.52. The first-order valence-corrected chi connectivity index (χ1v) is 6.27. The number of alkyl halides is 1. The highest BCUT2D eigenvalue weighted by molar-refractivity contribution is 6.19. The van der Waals surface area contributed by atoms with E-state index in [1.165, 1.54) is 12.7 Å². The summed E-state index contributed by atoms with van der Waals surface area (Å²) in [5.74, 6) is 2.16. The Hall–Kier alpha value is -1.36. The first-order valence-electron chi connectivity index (χ1n) is 5.74. The Kier molecular flexibility index (Phi) is 2.43. The van der Waals surface area contributed by atoms with E-state index in [0.717, 1.165) is 24.4 Å². The third-order valence-electron chi connectivity index (χ3n) is 3.34. The van der Waals surface area contributed by atoms with E-state index in [4.69, 9.17) is 11.6 Å². The fraction of sp³-hybridized carbons (Fsp3) is 0.545. The van der Waals surface area contributed by atoms with Crippen molar-refractivity contribution in [3.8, 4) is 0 Å². The van der Waals surface area contributed by atoms with Crippen molar-refractivity contribution in [1.29, 1.82) is 0 Å². The van der Waals surface area contributed by atoms with Crippen LogP contribution in [0.5, 0.6) is 0 Å². The van der Waals surface area contributed by atoms with Crippen LogP contribution in [0.15, 0.2) is 12.4 Å². The highest BCUT2D eigenvalue weighted by Gasteiger charge is 2.36. The molecule has 2 heterocycles. The Balaban J connectivity index is 2.01. The first kappa shape index (κ1) is 10.8. The zero-order chi connectivity index (χ0) is 11.9. The second kappa shape index (κ2) is 3.84. The van der Waals surface area contributed by atoms with Crippen molar-refractivity contribution in [3.05, 3.63) is 18.1 Å². The van der Waals surface area contributed by atoms with E-state index >= 15 is 0 Å². The van der Waals surface area contributed by atoms with Gasteiger partial charge in [0.25, 0.3) is 5.78 Å². The molecule has 6 heteroatoms. The van der Waals surface area contributed by atoms with Crippen LogP contribution in [0.1, 0.15) is 25.0 Å². The lowest BCUT2D eigenvalue weighted by Crippen LogP contribution is -2.47. The number of halogens is 1. The second-order valence-electron chi connectivity index (χ2n) is 4.65. The third kappa shape index (κ3) is 1.74. The van der Waals surface area contributed by atoms with Gasteiger partial charge in [0.2, 0.25) is 0 Å². The van der Waals surface area contributed by atoms with Gasteiger partial charge in [0.1, 0.15) is 12.1 Å². The topological polar surface area (TPSA) is 55.1 Å². The summed E-state index contributed by atoms with van der Waals surface area (Å²) in [6, 6.07) is 1.98. The highest BCUT2D eigenvalue weighted by atomic mass is 35.5. The Morgan fingerprint density at radius 3 is 3.00 bits per heavy atom. The number of aryl methyl sites for hydroxylation is 1. The largest absolute Gasteiger partial charge is 0.363 e. The summed E-state index contributed by atoms with van der Waals surface area (Å²) in [6.07, 6.45) is 4.95. The van der Waals surface area contributed by atoms with Crippen LogP contribution in [-0.4, -0.2) is 31.0 Å². The standard InChI is InChI=1S/C11H14ClN5/c1-8-5-9(16-11(6-12)3-2-4-11)17-10(15-8)13-7-14-17/h5,7,16H,2-4,6H2,1H3. The Labute approximate surface area is 104 Å². The maximum absolute atomic E-state index is 6.05. The summed E-state index contributed by atoms with van der Waals surface area (Å²) in [7, 11) is 0. The van der Waals surface area contributed by atoms with Crippen molar-refractivity contribution in [2.75, 3.05) is 11.2 Å². The Morgan fingerprint density at radius 1 is 1.53 bits per heavy atom. The van der Waals surface area contributed by atoms with Crippen LogP contribution in [0.4, 0.5) is 5.82 Å². The molecule has 90 valence electrons. The van der Waals surface area contributed by atoms with Crippen LogP contribution in [0.25, 0.3) is 5.78 Å². The van der Waals surface area contributed by atoms with Crippen LogP contribution in [0.2, 0.25) is 0 Å². The van der Waals surface area contributed by atoms with Gasteiger partial charge in [-0.05, 0) is 26.2 Å². The number of nitrogens with one attached hydrogen (secondary N) is 1. The van der Waals surface area contributed by atoms with Gasteiger partial charge in [0, 0.05) is 17.6 Å². The molecule has 0 aromatic carbocycles. The summed E-state index contributed by atoms with van der Waals surface area (Å²) in [5, 5.41) is 7.67. The molecule has 2 aromatic heterocycles. The van der Waals surface area contributed by atoms with Crippen LogP contribution in [-0.2, 0) is 0 Å². The number of nitrogens with zero attached hydrogens (tertiary/aromatic N) is 4. The molecule has 1 aliphatic rings. The molecule has 1 saturated carbocycles. The molecule has 1 fully saturated rings. The summed E-state index contributed by atoms with van der Waals surface area (Å²) in [6.45, 7) is 1.95. The monoisotopic (exact) mass is 251 g/mol. The van der Waals surface area contributed by atoms with Crippen molar-refractivity contribution < 1.29 is 0 Å². The number of rotatable bonds is 3. The molecular weight excluding hydrogens is 238 g/mol. The lowest BCUT2D eigenvalue weighted by molar-refractivity contribution is 0.309. The van der Waals surface area contributed by atoms with Gasteiger partial charge in [-0.25, -0.2) is 4.98 Å². The summed E-state index contributed by atoms with van der Waals surface area (Å²) >= 11 is 6.05. The van der Waals surface area contributed by atoms with Gasteiger partial charge in [0.15, 0.2) is 0 Å². The fourth-order valence-electron chi connectivity index (χ4n) is 2.19. The molecule has 0 aliphatic heterocycles. The molecule has 17 heavy (non-hydrogen) atoms. The van der Waals surface area contributed by atoms with E-state index in [9.17, 15) is 0 Å². The maximum atomic E-state index is 6.05. The molecule has 0 radical (unpaired) electrons. The molecule has 0 spiro atoms. The van der Waals surface area contributed by atoms with Crippen LogP contribution < -0.4 is 5.32 Å². The SMILES string of the molecule is Cc1cc(NC2(CCl)CCC2)n2ncnc2n1. The Bertz CT molecular complexity index is 540. The van der Waals surface area contributed by atoms with E-state index in [0.29, 0.717) is 11.7 Å². The van der Waals surface area contributed by atoms with E-state index in [2.05, 4.69) is 20.4 Å². The van der Waals surface area contributed by atoms with E-state index in [-0.39, 0.29) is 5.54 Å². The molecule has 5 nitrogen and oxygen atoms in total. The average Bonchev–Trinajstić information content (AvgIpc) is 2.71. The van der Waals surface area contributed by atoms with Gasteiger partial charge < -0.3 is 5.32 Å². The van der Waals surface area contributed by atoms with Crippen LogP contribution in [0, 0.1) is 6.92 Å². The zero-order valence-corrected chi connectivity index (χ0v) is 10.4.